The summed E-state index contributed by atoms with van der Waals surface area (Å²) in [6.07, 6.45) is 0. The van der Waals surface area contributed by atoms with E-state index in [1.165, 1.54) is 29.2 Å². The molecule has 34 heavy (non-hydrogen) atoms. The molecule has 3 amide bonds. The van der Waals surface area contributed by atoms with E-state index in [2.05, 4.69) is 9.69 Å². The lowest BCUT2D eigenvalue weighted by molar-refractivity contribution is -0.123. The molecule has 1 aromatic heterocycles. The second-order valence-electron chi connectivity index (χ2n) is 8.48. The number of amides is 3. The fourth-order valence-electron chi connectivity index (χ4n) is 3.22. The van der Waals surface area contributed by atoms with E-state index in [4.69, 9.17) is 23.1 Å². The Hall–Kier alpha value is -3.50. The van der Waals surface area contributed by atoms with E-state index in [1.807, 2.05) is 0 Å². The first-order chi connectivity index (χ1) is 15.9. The lowest BCUT2D eigenvalue weighted by Crippen LogP contribution is -2.49. The van der Waals surface area contributed by atoms with Crippen LogP contribution < -0.4 is 21.7 Å². The van der Waals surface area contributed by atoms with Gasteiger partial charge in [0.05, 0.1) is 5.69 Å². The Balaban J connectivity index is 2.22. The van der Waals surface area contributed by atoms with Gasteiger partial charge in [0, 0.05) is 16.2 Å². The van der Waals surface area contributed by atoms with Gasteiger partial charge in [-0.1, -0.05) is 23.7 Å². The van der Waals surface area contributed by atoms with Gasteiger partial charge < -0.3 is 16.8 Å². The van der Waals surface area contributed by atoms with Crippen molar-refractivity contribution in [3.05, 3.63) is 75.5 Å². The summed E-state index contributed by atoms with van der Waals surface area (Å²) in [5.41, 5.74) is 10.9. The maximum atomic E-state index is 13.8. The van der Waals surface area contributed by atoms with Gasteiger partial charge in [-0.2, -0.15) is 4.37 Å². The highest BCUT2D eigenvalue weighted by molar-refractivity contribution is 7.09. The highest BCUT2D eigenvalue weighted by atomic mass is 35.5. The van der Waals surface area contributed by atoms with Gasteiger partial charge in [0.15, 0.2) is 5.69 Å². The number of benzene rings is 2. The third kappa shape index (κ3) is 5.52. The number of nitrogens with two attached hydrogens (primary N) is 2. The summed E-state index contributed by atoms with van der Waals surface area (Å²) in [5.74, 6) is -2.61. The number of rotatable bonds is 6. The van der Waals surface area contributed by atoms with Crippen LogP contribution in [0.5, 0.6) is 0 Å². The number of carbonyl (C=O) groups is 3. The lowest BCUT2D eigenvalue weighted by atomic mass is 10.0. The first-order valence-electron chi connectivity index (χ1n) is 10.1. The number of carbonyl (C=O) groups excluding carboxylic acids is 3. The molecule has 0 spiro atoms. The summed E-state index contributed by atoms with van der Waals surface area (Å²) < 4.78 is 17.6. The topological polar surface area (TPSA) is 131 Å². The van der Waals surface area contributed by atoms with Gasteiger partial charge in [0.2, 0.25) is 5.91 Å². The van der Waals surface area contributed by atoms with E-state index < -0.39 is 35.1 Å². The molecule has 3 aromatic rings. The molecule has 1 heterocycles. The van der Waals surface area contributed by atoms with Crippen LogP contribution in [-0.2, 0) is 4.79 Å². The zero-order valence-corrected chi connectivity index (χ0v) is 20.2. The Kier molecular flexibility index (Phi) is 7.23. The van der Waals surface area contributed by atoms with E-state index >= 15 is 0 Å². The normalized spacial score (nSPS) is 12.1. The number of primary amides is 1. The van der Waals surface area contributed by atoms with Crippen LogP contribution >= 0.6 is 23.1 Å². The average Bonchev–Trinajstić information content (AvgIpc) is 3.13. The Morgan fingerprint density at radius 2 is 1.68 bits per heavy atom. The molecule has 0 radical (unpaired) electrons. The van der Waals surface area contributed by atoms with Gasteiger partial charge >= 0.3 is 0 Å². The number of aromatic nitrogens is 1. The average molecular weight is 504 g/mol. The molecule has 0 aliphatic carbocycles. The predicted octanol–water partition coefficient (Wildman–Crippen LogP) is 3.92. The first kappa shape index (κ1) is 25.1. The molecule has 0 aliphatic rings. The SMILES string of the molecule is CC(C)(C)NC(=O)C(c1ccc(Cl)cc1)N(C(=O)c1snc(C(N)=O)c1N)c1ccc(F)cc1. The third-order valence-electron chi connectivity index (χ3n) is 4.67. The lowest BCUT2D eigenvalue weighted by Gasteiger charge is -2.33. The quantitative estimate of drug-likeness (QED) is 0.469. The molecule has 0 saturated carbocycles. The zero-order chi connectivity index (χ0) is 25.2. The monoisotopic (exact) mass is 503 g/mol. The maximum Gasteiger partial charge on any atom is 0.273 e. The van der Waals surface area contributed by atoms with E-state index in [1.54, 1.807) is 45.0 Å². The number of hydrogen-bond acceptors (Lipinski definition) is 6. The summed E-state index contributed by atoms with van der Waals surface area (Å²) in [6.45, 7) is 5.40. The van der Waals surface area contributed by atoms with Crippen molar-refractivity contribution < 1.29 is 18.8 Å². The van der Waals surface area contributed by atoms with Crippen molar-refractivity contribution in [2.24, 2.45) is 5.73 Å². The fourth-order valence-corrected chi connectivity index (χ4v) is 4.09. The van der Waals surface area contributed by atoms with Gasteiger partial charge in [-0.05, 0) is 74.3 Å². The molecule has 1 atom stereocenters. The molecule has 0 aliphatic heterocycles. The number of nitrogens with one attached hydrogen (secondary N) is 1. The summed E-state index contributed by atoms with van der Waals surface area (Å²) >= 11 is 6.72. The molecule has 178 valence electrons. The standard InChI is InChI=1S/C23H23ClFN5O3S/c1-23(2,3)28-21(32)18(12-4-6-13(24)7-5-12)30(15-10-8-14(25)9-11-15)22(33)19-16(26)17(20(27)31)29-34-19/h4-11,18H,26H2,1-3H3,(H2,27,31)(H,28,32). The zero-order valence-electron chi connectivity index (χ0n) is 18.6. The maximum absolute atomic E-state index is 13.8. The van der Waals surface area contributed by atoms with Crippen molar-refractivity contribution in [1.29, 1.82) is 0 Å². The molecule has 3 rings (SSSR count). The van der Waals surface area contributed by atoms with Gasteiger partial charge in [-0.25, -0.2) is 4.39 Å². The number of nitrogens with zero attached hydrogens (tertiary/aromatic N) is 2. The van der Waals surface area contributed by atoms with Crippen molar-refractivity contribution in [2.45, 2.75) is 32.4 Å². The van der Waals surface area contributed by atoms with E-state index in [0.717, 1.165) is 0 Å². The van der Waals surface area contributed by atoms with Crippen LogP contribution in [0.3, 0.4) is 0 Å². The summed E-state index contributed by atoms with van der Waals surface area (Å²) in [4.78, 5) is 40.1. The highest BCUT2D eigenvalue weighted by Crippen LogP contribution is 2.34. The van der Waals surface area contributed by atoms with Crippen molar-refractivity contribution in [3.63, 3.8) is 0 Å². The predicted molar refractivity (Wildman–Crippen MR) is 130 cm³/mol. The molecule has 2 aromatic carbocycles. The van der Waals surface area contributed by atoms with Crippen LogP contribution in [0.15, 0.2) is 48.5 Å². The minimum Gasteiger partial charge on any atom is -0.395 e. The Morgan fingerprint density at radius 1 is 1.09 bits per heavy atom. The minimum absolute atomic E-state index is 0.0827. The van der Waals surface area contributed by atoms with Crippen molar-refractivity contribution in [1.82, 2.24) is 9.69 Å². The van der Waals surface area contributed by atoms with Crippen LogP contribution in [0.2, 0.25) is 5.02 Å². The van der Waals surface area contributed by atoms with E-state index in [9.17, 15) is 18.8 Å². The van der Waals surface area contributed by atoms with Gasteiger partial charge in [0.25, 0.3) is 11.8 Å². The largest absolute Gasteiger partial charge is 0.395 e. The van der Waals surface area contributed by atoms with Crippen molar-refractivity contribution in [2.75, 3.05) is 10.6 Å². The van der Waals surface area contributed by atoms with Gasteiger partial charge in [-0.15, -0.1) is 0 Å². The number of nitrogen functional groups attached to an aromatic ring is 1. The van der Waals surface area contributed by atoms with Crippen LogP contribution in [0, 0.1) is 5.82 Å². The third-order valence-corrected chi connectivity index (χ3v) is 5.77. The summed E-state index contributed by atoms with van der Waals surface area (Å²) in [5, 5.41) is 3.32. The molecule has 0 saturated heterocycles. The first-order valence-corrected chi connectivity index (χ1v) is 11.3. The van der Waals surface area contributed by atoms with Crippen LogP contribution in [0.1, 0.15) is 52.5 Å². The number of anilines is 2. The molecule has 0 fully saturated rings. The molecule has 11 heteroatoms. The van der Waals surface area contributed by atoms with Crippen molar-refractivity contribution in [3.8, 4) is 0 Å². The summed E-state index contributed by atoms with van der Waals surface area (Å²) in [6, 6.07) is 10.3. The summed E-state index contributed by atoms with van der Waals surface area (Å²) in [7, 11) is 0. The van der Waals surface area contributed by atoms with Crippen LogP contribution in [-0.4, -0.2) is 27.6 Å². The Labute approximate surface area is 204 Å². The molecular weight excluding hydrogens is 481 g/mol. The van der Waals surface area contributed by atoms with Crippen molar-refractivity contribution >= 4 is 52.2 Å². The van der Waals surface area contributed by atoms with Crippen LogP contribution in [0.25, 0.3) is 0 Å². The molecule has 5 N–H and O–H groups in total. The molecule has 0 bridgehead atoms. The van der Waals surface area contributed by atoms with Crippen LogP contribution in [0.4, 0.5) is 15.8 Å². The second kappa shape index (κ2) is 9.78. The number of halogens is 2. The fraction of sp³-hybridized carbons (Fsp3) is 0.217. The smallest absolute Gasteiger partial charge is 0.273 e. The van der Waals surface area contributed by atoms with E-state index in [-0.39, 0.29) is 21.9 Å². The van der Waals surface area contributed by atoms with Gasteiger partial charge in [-0.3, -0.25) is 19.3 Å². The molecule has 1 unspecified atom stereocenters. The Bertz CT molecular complexity index is 1220. The highest BCUT2D eigenvalue weighted by Gasteiger charge is 2.37. The minimum atomic E-state index is -1.19. The van der Waals surface area contributed by atoms with E-state index in [0.29, 0.717) is 22.1 Å². The molecule has 8 nitrogen and oxygen atoms in total. The van der Waals surface area contributed by atoms with Gasteiger partial charge in [0.1, 0.15) is 16.7 Å². The second-order valence-corrected chi connectivity index (χ2v) is 9.69. The Morgan fingerprint density at radius 3 is 2.18 bits per heavy atom. The molecular formula is C23H23ClFN5O3S. The number of hydrogen-bond donors (Lipinski definition) is 3.